The first-order valence-electron chi connectivity index (χ1n) is 10.2. The second-order valence-corrected chi connectivity index (χ2v) is 7.97. The molecular weight excluding hydrogens is 437 g/mol. The molecule has 6 nitrogen and oxygen atoms in total. The van der Waals surface area contributed by atoms with Crippen molar-refractivity contribution in [2.75, 3.05) is 5.32 Å². The van der Waals surface area contributed by atoms with Crippen molar-refractivity contribution in [1.82, 2.24) is 20.3 Å². The molecule has 1 heterocycles. The zero-order valence-corrected chi connectivity index (χ0v) is 18.4. The number of rotatable bonds is 3. The lowest BCUT2D eigenvalue weighted by Crippen LogP contribution is -2.34. The number of carbonyl (C=O) groups excluding carboxylic acids is 1. The Morgan fingerprint density at radius 3 is 2.42 bits per heavy atom. The van der Waals surface area contributed by atoms with Gasteiger partial charge in [0.2, 0.25) is 0 Å². The SMILES string of the molecule is Cc1cc2nn(-c3cccc4ccccc34)nc2cc1NC(=S)NC(=O)c1ccc(F)cc1. The van der Waals surface area contributed by atoms with Crippen LogP contribution in [0.2, 0.25) is 0 Å². The molecule has 0 bridgehead atoms. The average Bonchev–Trinajstić information content (AvgIpc) is 3.21. The van der Waals surface area contributed by atoms with Crippen LogP contribution in [0.5, 0.6) is 0 Å². The molecule has 162 valence electrons. The van der Waals surface area contributed by atoms with E-state index >= 15 is 0 Å². The fourth-order valence-corrected chi connectivity index (χ4v) is 3.83. The normalized spacial score (nSPS) is 11.0. The van der Waals surface area contributed by atoms with Crippen molar-refractivity contribution in [3.63, 3.8) is 0 Å². The summed E-state index contributed by atoms with van der Waals surface area (Å²) in [5.74, 6) is -0.833. The molecule has 0 radical (unpaired) electrons. The van der Waals surface area contributed by atoms with E-state index in [9.17, 15) is 9.18 Å². The Bertz CT molecular complexity index is 1520. The van der Waals surface area contributed by atoms with Crippen molar-refractivity contribution in [3.8, 4) is 5.69 Å². The van der Waals surface area contributed by atoms with Gasteiger partial charge in [-0.1, -0.05) is 36.4 Å². The summed E-state index contributed by atoms with van der Waals surface area (Å²) in [6, 6.07) is 23.1. The second kappa shape index (κ2) is 8.40. The molecule has 1 amide bonds. The zero-order chi connectivity index (χ0) is 22.9. The largest absolute Gasteiger partial charge is 0.332 e. The van der Waals surface area contributed by atoms with Gasteiger partial charge in [-0.3, -0.25) is 10.1 Å². The van der Waals surface area contributed by atoms with Crippen molar-refractivity contribution < 1.29 is 9.18 Å². The van der Waals surface area contributed by atoms with E-state index in [0.29, 0.717) is 16.8 Å². The summed E-state index contributed by atoms with van der Waals surface area (Å²) in [7, 11) is 0. The van der Waals surface area contributed by atoms with Crippen LogP contribution >= 0.6 is 12.2 Å². The molecule has 5 rings (SSSR count). The molecule has 0 fully saturated rings. The Morgan fingerprint density at radius 2 is 1.64 bits per heavy atom. The van der Waals surface area contributed by atoms with E-state index in [4.69, 9.17) is 12.2 Å². The van der Waals surface area contributed by atoms with Gasteiger partial charge in [0, 0.05) is 16.6 Å². The van der Waals surface area contributed by atoms with Crippen LogP contribution in [0, 0.1) is 12.7 Å². The molecule has 2 N–H and O–H groups in total. The molecule has 0 spiro atoms. The zero-order valence-electron chi connectivity index (χ0n) is 17.5. The number of carbonyl (C=O) groups is 1. The van der Waals surface area contributed by atoms with Crippen molar-refractivity contribution in [2.45, 2.75) is 6.92 Å². The first-order valence-corrected chi connectivity index (χ1v) is 10.6. The number of amides is 1. The number of fused-ring (bicyclic) bond motifs is 2. The highest BCUT2D eigenvalue weighted by Crippen LogP contribution is 2.25. The number of benzene rings is 4. The van der Waals surface area contributed by atoms with Crippen molar-refractivity contribution >= 4 is 50.7 Å². The van der Waals surface area contributed by atoms with Gasteiger partial charge in [0.25, 0.3) is 5.91 Å². The molecular formula is C25H18FN5OS. The third-order valence-corrected chi connectivity index (χ3v) is 5.49. The van der Waals surface area contributed by atoms with Crippen LogP contribution in [0.15, 0.2) is 78.9 Å². The lowest BCUT2D eigenvalue weighted by Gasteiger charge is -2.11. The van der Waals surface area contributed by atoms with Crippen LogP contribution in [0.3, 0.4) is 0 Å². The van der Waals surface area contributed by atoms with Crippen molar-refractivity contribution in [3.05, 3.63) is 95.8 Å². The molecule has 0 saturated carbocycles. The van der Waals surface area contributed by atoms with E-state index in [1.54, 1.807) is 4.80 Å². The Hall–Kier alpha value is -4.17. The van der Waals surface area contributed by atoms with Gasteiger partial charge in [-0.25, -0.2) is 4.39 Å². The molecule has 0 aliphatic rings. The number of aryl methyl sites for hydroxylation is 1. The van der Waals surface area contributed by atoms with E-state index < -0.39 is 11.7 Å². The lowest BCUT2D eigenvalue weighted by molar-refractivity contribution is 0.0977. The Kier molecular flexibility index (Phi) is 5.27. The van der Waals surface area contributed by atoms with Gasteiger partial charge in [-0.15, -0.1) is 15.0 Å². The highest BCUT2D eigenvalue weighted by molar-refractivity contribution is 7.80. The molecule has 1 aromatic heterocycles. The molecule has 0 atom stereocenters. The van der Waals surface area contributed by atoms with Crippen LogP contribution in [-0.4, -0.2) is 26.0 Å². The minimum absolute atomic E-state index is 0.133. The van der Waals surface area contributed by atoms with Gasteiger partial charge in [0.05, 0.1) is 5.69 Å². The fraction of sp³-hybridized carbons (Fsp3) is 0.0400. The van der Waals surface area contributed by atoms with Gasteiger partial charge >= 0.3 is 0 Å². The van der Waals surface area contributed by atoms with Crippen LogP contribution in [0.1, 0.15) is 15.9 Å². The number of thiocarbonyl (C=S) groups is 1. The molecule has 0 saturated heterocycles. The molecule has 5 aromatic rings. The Morgan fingerprint density at radius 1 is 0.939 bits per heavy atom. The molecule has 0 unspecified atom stereocenters. The number of nitrogens with one attached hydrogen (secondary N) is 2. The molecule has 4 aromatic carbocycles. The van der Waals surface area contributed by atoms with Gasteiger partial charge in [-0.05, 0) is 72.6 Å². The molecule has 33 heavy (non-hydrogen) atoms. The van der Waals surface area contributed by atoms with Crippen LogP contribution in [-0.2, 0) is 0 Å². The van der Waals surface area contributed by atoms with Crippen molar-refractivity contribution in [1.29, 1.82) is 0 Å². The first-order chi connectivity index (χ1) is 16.0. The first kappa shape index (κ1) is 20.7. The van der Waals surface area contributed by atoms with Gasteiger partial charge in [-0.2, -0.15) is 0 Å². The standard InChI is InChI=1S/C25H18FN5OS/c1-15-13-21-22(30-31(29-21)23-8-4-6-16-5-2-3-7-19(16)23)14-20(15)27-25(33)28-24(32)17-9-11-18(26)12-10-17/h2-14H,1H3,(H2,27,28,32,33). The maximum Gasteiger partial charge on any atom is 0.257 e. The summed E-state index contributed by atoms with van der Waals surface area (Å²) < 4.78 is 13.1. The fourth-order valence-electron chi connectivity index (χ4n) is 3.62. The Balaban J connectivity index is 1.40. The maximum absolute atomic E-state index is 13.1. The minimum Gasteiger partial charge on any atom is -0.332 e. The average molecular weight is 456 g/mol. The van der Waals surface area contributed by atoms with Crippen LogP contribution < -0.4 is 10.6 Å². The molecule has 0 aliphatic carbocycles. The summed E-state index contributed by atoms with van der Waals surface area (Å²) >= 11 is 5.30. The van der Waals surface area contributed by atoms with Crippen LogP contribution in [0.4, 0.5) is 10.1 Å². The number of aromatic nitrogens is 3. The topological polar surface area (TPSA) is 71.8 Å². The number of nitrogens with zero attached hydrogens (tertiary/aromatic N) is 3. The van der Waals surface area contributed by atoms with E-state index in [2.05, 4.69) is 33.0 Å². The lowest BCUT2D eigenvalue weighted by atomic mass is 10.1. The highest BCUT2D eigenvalue weighted by Gasteiger charge is 2.13. The number of halogens is 1. The maximum atomic E-state index is 13.1. The second-order valence-electron chi connectivity index (χ2n) is 7.56. The number of hydrogen-bond donors (Lipinski definition) is 2. The smallest absolute Gasteiger partial charge is 0.257 e. The number of hydrogen-bond acceptors (Lipinski definition) is 4. The molecule has 8 heteroatoms. The van der Waals surface area contributed by atoms with E-state index in [1.165, 1.54) is 24.3 Å². The monoisotopic (exact) mass is 455 g/mol. The molecule has 0 aliphatic heterocycles. The summed E-state index contributed by atoms with van der Waals surface area (Å²) in [6.07, 6.45) is 0. The summed E-state index contributed by atoms with van der Waals surface area (Å²) in [5, 5.41) is 17.3. The summed E-state index contributed by atoms with van der Waals surface area (Å²) in [6.45, 7) is 1.92. The Labute approximate surface area is 194 Å². The van der Waals surface area contributed by atoms with E-state index in [1.807, 2.05) is 49.4 Å². The predicted octanol–water partition coefficient (Wildman–Crippen LogP) is 5.15. The third kappa shape index (κ3) is 4.16. The van der Waals surface area contributed by atoms with Gasteiger partial charge in [0.1, 0.15) is 16.9 Å². The third-order valence-electron chi connectivity index (χ3n) is 5.29. The summed E-state index contributed by atoms with van der Waals surface area (Å²) in [4.78, 5) is 14.0. The van der Waals surface area contributed by atoms with Gasteiger partial charge in [0.15, 0.2) is 5.11 Å². The highest BCUT2D eigenvalue weighted by atomic mass is 32.1. The van der Waals surface area contributed by atoms with Crippen LogP contribution in [0.25, 0.3) is 27.5 Å². The van der Waals surface area contributed by atoms with Gasteiger partial charge < -0.3 is 5.32 Å². The van der Waals surface area contributed by atoms with E-state index in [0.717, 1.165) is 27.5 Å². The summed E-state index contributed by atoms with van der Waals surface area (Å²) in [5.41, 5.74) is 4.22. The van der Waals surface area contributed by atoms with Crippen molar-refractivity contribution in [2.24, 2.45) is 0 Å². The minimum atomic E-state index is -0.423. The predicted molar refractivity (Wildman–Crippen MR) is 131 cm³/mol. The quantitative estimate of drug-likeness (QED) is 0.368. The number of anilines is 1. The van der Waals surface area contributed by atoms with E-state index in [-0.39, 0.29) is 5.11 Å².